The van der Waals surface area contributed by atoms with Gasteiger partial charge >= 0.3 is 0 Å². The Balaban J connectivity index is 1.60. The van der Waals surface area contributed by atoms with E-state index in [0.717, 1.165) is 49.1 Å². The van der Waals surface area contributed by atoms with Gasteiger partial charge in [0.1, 0.15) is 5.82 Å². The van der Waals surface area contributed by atoms with Gasteiger partial charge in [-0.3, -0.25) is 9.59 Å². The molecule has 0 bridgehead atoms. The van der Waals surface area contributed by atoms with Gasteiger partial charge in [-0.15, -0.1) is 0 Å². The van der Waals surface area contributed by atoms with Crippen LogP contribution < -0.4 is 0 Å². The predicted octanol–water partition coefficient (Wildman–Crippen LogP) is 2.25. The highest BCUT2D eigenvalue weighted by atomic mass is 16.2. The van der Waals surface area contributed by atoms with Gasteiger partial charge in [0.2, 0.25) is 11.8 Å². The summed E-state index contributed by atoms with van der Waals surface area (Å²) < 4.78 is 2.10. The van der Waals surface area contributed by atoms with Crippen molar-refractivity contribution in [2.45, 2.75) is 38.1 Å². The molecule has 0 N–H and O–H groups in total. The molecule has 2 amide bonds. The van der Waals surface area contributed by atoms with E-state index < -0.39 is 0 Å². The van der Waals surface area contributed by atoms with Crippen LogP contribution in [0.15, 0.2) is 24.3 Å². The lowest BCUT2D eigenvalue weighted by molar-refractivity contribution is -0.141. The van der Waals surface area contributed by atoms with E-state index in [0.29, 0.717) is 13.0 Å². The number of hydrogen-bond acceptors (Lipinski definition) is 3. The van der Waals surface area contributed by atoms with Gasteiger partial charge in [-0.25, -0.2) is 4.98 Å². The van der Waals surface area contributed by atoms with Gasteiger partial charge in [0.05, 0.1) is 23.6 Å². The van der Waals surface area contributed by atoms with E-state index in [1.165, 1.54) is 0 Å². The number of aryl methyl sites for hydroxylation is 1. The fourth-order valence-electron chi connectivity index (χ4n) is 4.09. The summed E-state index contributed by atoms with van der Waals surface area (Å²) in [5, 5.41) is 0. The van der Waals surface area contributed by atoms with Crippen molar-refractivity contribution in [3.05, 3.63) is 30.1 Å². The highest BCUT2D eigenvalue weighted by Gasteiger charge is 2.33. The number of fused-ring (bicyclic) bond motifs is 1. The molecule has 132 valence electrons. The molecule has 2 aliphatic rings. The molecule has 1 aromatic carbocycles. The lowest BCUT2D eigenvalue weighted by atomic mass is 10.0. The second-order valence-corrected chi connectivity index (χ2v) is 7.04. The number of piperidine rings is 1. The number of carbonyl (C=O) groups excluding carboxylic acids is 2. The minimum Gasteiger partial charge on any atom is -0.333 e. The molecule has 0 aliphatic carbocycles. The van der Waals surface area contributed by atoms with Crippen LogP contribution in [0.2, 0.25) is 0 Å². The van der Waals surface area contributed by atoms with E-state index in [1.54, 1.807) is 4.90 Å². The summed E-state index contributed by atoms with van der Waals surface area (Å²) >= 11 is 0. The van der Waals surface area contributed by atoms with Gasteiger partial charge in [-0.1, -0.05) is 12.1 Å². The number of carbonyl (C=O) groups is 2. The van der Waals surface area contributed by atoms with Crippen LogP contribution >= 0.6 is 0 Å². The minimum absolute atomic E-state index is 0.00337. The summed E-state index contributed by atoms with van der Waals surface area (Å²) in [6.07, 6.45) is 4.47. The number of likely N-dealkylation sites (tertiary alicyclic amines) is 2. The van der Waals surface area contributed by atoms with Crippen LogP contribution in [-0.2, 0) is 16.6 Å². The zero-order valence-electron chi connectivity index (χ0n) is 14.6. The van der Waals surface area contributed by atoms with Gasteiger partial charge < -0.3 is 14.4 Å². The molecule has 2 saturated heterocycles. The molecular weight excluding hydrogens is 316 g/mol. The van der Waals surface area contributed by atoms with E-state index in [4.69, 9.17) is 4.98 Å². The largest absolute Gasteiger partial charge is 0.333 e. The normalized spacial score (nSPS) is 21.3. The van der Waals surface area contributed by atoms with Crippen LogP contribution in [0.5, 0.6) is 0 Å². The van der Waals surface area contributed by atoms with E-state index >= 15 is 0 Å². The first-order valence-corrected chi connectivity index (χ1v) is 9.14. The average molecular weight is 340 g/mol. The third kappa shape index (κ3) is 2.90. The van der Waals surface area contributed by atoms with Crippen molar-refractivity contribution in [2.24, 2.45) is 7.05 Å². The van der Waals surface area contributed by atoms with Crippen molar-refractivity contribution >= 4 is 22.8 Å². The summed E-state index contributed by atoms with van der Waals surface area (Å²) in [6, 6.07) is 8.06. The minimum atomic E-state index is -0.00337. The molecule has 1 atom stereocenters. The number of benzene rings is 1. The maximum Gasteiger partial charge on any atom is 0.242 e. The highest BCUT2D eigenvalue weighted by molar-refractivity contribution is 5.86. The zero-order chi connectivity index (χ0) is 17.4. The second-order valence-electron chi connectivity index (χ2n) is 7.04. The first kappa shape index (κ1) is 16.1. The van der Waals surface area contributed by atoms with Crippen molar-refractivity contribution in [2.75, 3.05) is 19.6 Å². The SMILES string of the molecule is Cn1c([C@H]2CCCCN2C(=O)CN2CCCC2=O)nc2ccccc21. The van der Waals surface area contributed by atoms with Crippen molar-refractivity contribution < 1.29 is 9.59 Å². The Morgan fingerprint density at radius 2 is 2.04 bits per heavy atom. The first-order chi connectivity index (χ1) is 12.1. The number of amides is 2. The van der Waals surface area contributed by atoms with Crippen LogP contribution in [0.4, 0.5) is 0 Å². The molecule has 4 rings (SSSR count). The number of rotatable bonds is 3. The molecule has 2 aliphatic heterocycles. The molecule has 0 radical (unpaired) electrons. The van der Waals surface area contributed by atoms with Gasteiger partial charge in [-0.05, 0) is 37.8 Å². The van der Waals surface area contributed by atoms with Gasteiger partial charge in [0.15, 0.2) is 0 Å². The third-order valence-electron chi connectivity index (χ3n) is 5.44. The van der Waals surface area contributed by atoms with Gasteiger partial charge in [0.25, 0.3) is 0 Å². The number of hydrogen-bond donors (Lipinski definition) is 0. The molecular formula is C19H24N4O2. The van der Waals surface area contributed by atoms with Crippen LogP contribution in [0.25, 0.3) is 11.0 Å². The van der Waals surface area contributed by atoms with Gasteiger partial charge in [0, 0.05) is 26.6 Å². The fourth-order valence-corrected chi connectivity index (χ4v) is 4.09. The Hall–Kier alpha value is -2.37. The molecule has 2 fully saturated rings. The molecule has 6 nitrogen and oxygen atoms in total. The summed E-state index contributed by atoms with van der Waals surface area (Å²) in [5.41, 5.74) is 2.05. The monoisotopic (exact) mass is 340 g/mol. The third-order valence-corrected chi connectivity index (χ3v) is 5.44. The van der Waals surface area contributed by atoms with Gasteiger partial charge in [-0.2, -0.15) is 0 Å². The van der Waals surface area contributed by atoms with E-state index in [2.05, 4.69) is 10.6 Å². The predicted molar refractivity (Wildman–Crippen MR) is 94.8 cm³/mol. The van der Waals surface area contributed by atoms with E-state index in [1.807, 2.05) is 30.1 Å². The highest BCUT2D eigenvalue weighted by Crippen LogP contribution is 2.32. The molecule has 2 aromatic rings. The van der Waals surface area contributed by atoms with Crippen molar-refractivity contribution in [1.82, 2.24) is 19.4 Å². The maximum absolute atomic E-state index is 12.9. The number of imidazole rings is 1. The molecule has 25 heavy (non-hydrogen) atoms. The summed E-state index contributed by atoms with van der Waals surface area (Å²) in [4.78, 5) is 33.2. The van der Waals surface area contributed by atoms with Crippen LogP contribution in [0, 0.1) is 0 Å². The van der Waals surface area contributed by atoms with E-state index in [-0.39, 0.29) is 24.4 Å². The van der Waals surface area contributed by atoms with Crippen molar-refractivity contribution in [1.29, 1.82) is 0 Å². The Bertz CT molecular complexity index is 813. The van der Waals surface area contributed by atoms with E-state index in [9.17, 15) is 9.59 Å². The summed E-state index contributed by atoms with van der Waals surface area (Å²) in [5.74, 6) is 1.10. The quantitative estimate of drug-likeness (QED) is 0.861. The first-order valence-electron chi connectivity index (χ1n) is 9.14. The Morgan fingerprint density at radius 3 is 2.80 bits per heavy atom. The summed E-state index contributed by atoms with van der Waals surface area (Å²) in [7, 11) is 2.02. The topological polar surface area (TPSA) is 58.4 Å². The van der Waals surface area contributed by atoms with Crippen LogP contribution in [0.3, 0.4) is 0 Å². The number of para-hydroxylation sites is 2. The standard InChI is InChI=1S/C19H24N4O2/c1-21-15-8-3-2-7-14(15)20-19(21)16-9-4-5-12-23(16)18(25)13-22-11-6-10-17(22)24/h2-3,7-8,16H,4-6,9-13H2,1H3/t16-/m1/s1. The number of aromatic nitrogens is 2. The lowest BCUT2D eigenvalue weighted by Crippen LogP contribution is -2.45. The number of nitrogens with zero attached hydrogens (tertiary/aromatic N) is 4. The summed E-state index contributed by atoms with van der Waals surface area (Å²) in [6.45, 7) is 1.66. The van der Waals surface area contributed by atoms with Crippen molar-refractivity contribution in [3.63, 3.8) is 0 Å². The lowest BCUT2D eigenvalue weighted by Gasteiger charge is -2.36. The average Bonchev–Trinajstić information content (AvgIpc) is 3.19. The molecule has 1 aromatic heterocycles. The Morgan fingerprint density at radius 1 is 1.20 bits per heavy atom. The second kappa shape index (κ2) is 6.50. The smallest absolute Gasteiger partial charge is 0.242 e. The molecule has 3 heterocycles. The Kier molecular flexibility index (Phi) is 4.19. The molecule has 0 spiro atoms. The van der Waals surface area contributed by atoms with Crippen molar-refractivity contribution in [3.8, 4) is 0 Å². The molecule has 0 saturated carbocycles. The fraction of sp³-hybridized carbons (Fsp3) is 0.526. The maximum atomic E-state index is 12.9. The molecule has 6 heteroatoms. The Labute approximate surface area is 147 Å². The zero-order valence-corrected chi connectivity index (χ0v) is 14.6. The molecule has 0 unspecified atom stereocenters. The van der Waals surface area contributed by atoms with Crippen LogP contribution in [0.1, 0.15) is 44.0 Å². The van der Waals surface area contributed by atoms with Crippen LogP contribution in [-0.4, -0.2) is 50.8 Å².